The Morgan fingerprint density at radius 1 is 1.71 bits per heavy atom. The summed E-state index contributed by atoms with van der Waals surface area (Å²) in [6.07, 6.45) is 1.95. The number of hydrogen-bond acceptors (Lipinski definition) is 1. The van der Waals surface area contributed by atoms with E-state index in [0.29, 0.717) is 0 Å². The molecule has 0 radical (unpaired) electrons. The number of carbonyl (C=O) groups is 1. The molecular weight excluding hydrogens is 205 g/mol. The molecule has 0 aliphatic heterocycles. The molecular formula is C4H6INO. The molecule has 2 nitrogen and oxygen atoms in total. The first kappa shape index (κ1) is 5.34. The lowest BCUT2D eigenvalue weighted by atomic mass is 10.4. The Hall–Kier alpha value is 0.200. The van der Waals surface area contributed by atoms with Gasteiger partial charge < -0.3 is 5.73 Å². The first-order chi connectivity index (χ1) is 3.15. The van der Waals surface area contributed by atoms with Crippen molar-refractivity contribution in [2.45, 2.75) is 16.3 Å². The highest BCUT2D eigenvalue weighted by molar-refractivity contribution is 14.1. The smallest absolute Gasteiger partial charge is 0.233 e. The predicted octanol–water partition coefficient (Wildman–Crippen LogP) is 0.439. The van der Waals surface area contributed by atoms with Crippen LogP contribution in [0.25, 0.3) is 0 Å². The fraction of sp³-hybridized carbons (Fsp3) is 0.750. The van der Waals surface area contributed by atoms with Crippen molar-refractivity contribution in [2.24, 2.45) is 5.73 Å². The summed E-state index contributed by atoms with van der Waals surface area (Å²) in [6.45, 7) is 0. The van der Waals surface area contributed by atoms with Gasteiger partial charge in [-0.2, -0.15) is 0 Å². The van der Waals surface area contributed by atoms with E-state index >= 15 is 0 Å². The fourth-order valence-corrected chi connectivity index (χ4v) is 0.626. The van der Waals surface area contributed by atoms with E-state index in [-0.39, 0.29) is 9.33 Å². The zero-order valence-electron chi connectivity index (χ0n) is 3.78. The quantitative estimate of drug-likeness (QED) is 0.496. The summed E-state index contributed by atoms with van der Waals surface area (Å²) in [5.41, 5.74) is 4.99. The second-order valence-corrected chi connectivity index (χ2v) is 3.89. The first-order valence-corrected chi connectivity index (χ1v) is 3.22. The zero-order chi connectivity index (χ0) is 5.49. The molecule has 1 rings (SSSR count). The number of halogens is 1. The number of carbonyl (C=O) groups excluding carboxylic acids is 1. The third kappa shape index (κ3) is 0.872. The van der Waals surface area contributed by atoms with Gasteiger partial charge in [-0.1, -0.05) is 22.6 Å². The summed E-state index contributed by atoms with van der Waals surface area (Å²) < 4.78 is -0.141. The van der Waals surface area contributed by atoms with Crippen molar-refractivity contribution < 1.29 is 4.79 Å². The van der Waals surface area contributed by atoms with Crippen LogP contribution in [0.5, 0.6) is 0 Å². The van der Waals surface area contributed by atoms with Crippen LogP contribution in [0, 0.1) is 0 Å². The topological polar surface area (TPSA) is 43.1 Å². The number of alkyl halides is 1. The summed E-state index contributed by atoms with van der Waals surface area (Å²) in [7, 11) is 0. The molecule has 0 bridgehead atoms. The van der Waals surface area contributed by atoms with Gasteiger partial charge in [0.05, 0.1) is 0 Å². The molecule has 0 aromatic rings. The first-order valence-electron chi connectivity index (χ1n) is 2.14. The van der Waals surface area contributed by atoms with Gasteiger partial charge in [-0.05, 0) is 12.8 Å². The second kappa shape index (κ2) is 1.34. The molecule has 0 heterocycles. The normalized spacial score (nSPS) is 24.1. The van der Waals surface area contributed by atoms with Gasteiger partial charge >= 0.3 is 0 Å². The van der Waals surface area contributed by atoms with Gasteiger partial charge in [-0.3, -0.25) is 4.79 Å². The number of hydrogen-bond donors (Lipinski definition) is 1. The lowest BCUT2D eigenvalue weighted by Crippen LogP contribution is -2.23. The maximum Gasteiger partial charge on any atom is 0.233 e. The predicted molar refractivity (Wildman–Crippen MR) is 35.2 cm³/mol. The lowest BCUT2D eigenvalue weighted by molar-refractivity contribution is -0.117. The van der Waals surface area contributed by atoms with E-state index in [1.54, 1.807) is 0 Å². The Bertz CT molecular complexity index is 108. The number of rotatable bonds is 1. The second-order valence-electron chi connectivity index (χ2n) is 1.83. The maximum absolute atomic E-state index is 10.3. The SMILES string of the molecule is NC(=O)C1(I)CC1. The summed E-state index contributed by atoms with van der Waals surface area (Å²) in [6, 6.07) is 0. The van der Waals surface area contributed by atoms with Crippen molar-refractivity contribution >= 4 is 28.5 Å². The highest BCUT2D eigenvalue weighted by Crippen LogP contribution is 2.44. The standard InChI is InChI=1S/C4H6INO/c5-4(1-2-4)3(6)7/h1-2H2,(H2,6,7). The molecule has 0 aromatic heterocycles. The van der Waals surface area contributed by atoms with Gasteiger partial charge in [0.2, 0.25) is 5.91 Å². The van der Waals surface area contributed by atoms with Crippen molar-refractivity contribution in [1.82, 2.24) is 0 Å². The average molecular weight is 211 g/mol. The molecule has 1 saturated carbocycles. The lowest BCUT2D eigenvalue weighted by Gasteiger charge is -1.93. The van der Waals surface area contributed by atoms with Crippen LogP contribution in [0.3, 0.4) is 0 Å². The maximum atomic E-state index is 10.3. The number of amides is 1. The van der Waals surface area contributed by atoms with Gasteiger partial charge in [0, 0.05) is 0 Å². The molecule has 7 heavy (non-hydrogen) atoms. The molecule has 0 atom stereocenters. The van der Waals surface area contributed by atoms with E-state index in [0.717, 1.165) is 12.8 Å². The van der Waals surface area contributed by atoms with E-state index in [1.165, 1.54) is 0 Å². The fourth-order valence-electron chi connectivity index (χ4n) is 0.356. The van der Waals surface area contributed by atoms with Gasteiger partial charge in [0.1, 0.15) is 3.42 Å². The van der Waals surface area contributed by atoms with Crippen molar-refractivity contribution in [2.75, 3.05) is 0 Å². The van der Waals surface area contributed by atoms with E-state index in [9.17, 15) is 4.79 Å². The Morgan fingerprint density at radius 2 is 2.14 bits per heavy atom. The van der Waals surface area contributed by atoms with Crippen LogP contribution in [0.4, 0.5) is 0 Å². The summed E-state index contributed by atoms with van der Waals surface area (Å²) in [5, 5.41) is 0. The highest BCUT2D eigenvalue weighted by atomic mass is 127. The Balaban J connectivity index is 2.55. The van der Waals surface area contributed by atoms with E-state index in [2.05, 4.69) is 22.6 Å². The van der Waals surface area contributed by atoms with Gasteiger partial charge in [0.25, 0.3) is 0 Å². The van der Waals surface area contributed by atoms with Crippen molar-refractivity contribution in [3.05, 3.63) is 0 Å². The number of primary amides is 1. The van der Waals surface area contributed by atoms with Crippen LogP contribution >= 0.6 is 22.6 Å². The summed E-state index contributed by atoms with van der Waals surface area (Å²) in [5.74, 6) is -0.159. The molecule has 0 unspecified atom stereocenters. The minimum atomic E-state index is -0.159. The molecule has 0 aromatic carbocycles. The highest BCUT2D eigenvalue weighted by Gasteiger charge is 2.45. The van der Waals surface area contributed by atoms with Crippen LogP contribution in [0.1, 0.15) is 12.8 Å². The van der Waals surface area contributed by atoms with Gasteiger partial charge in [-0.25, -0.2) is 0 Å². The monoisotopic (exact) mass is 211 g/mol. The average Bonchev–Trinajstić information content (AvgIpc) is 2.21. The Morgan fingerprint density at radius 3 is 2.14 bits per heavy atom. The third-order valence-corrected chi connectivity index (χ3v) is 2.74. The minimum absolute atomic E-state index is 0.141. The van der Waals surface area contributed by atoms with E-state index < -0.39 is 0 Å². The van der Waals surface area contributed by atoms with Crippen LogP contribution in [-0.2, 0) is 4.79 Å². The van der Waals surface area contributed by atoms with Crippen LogP contribution in [0.15, 0.2) is 0 Å². The minimum Gasteiger partial charge on any atom is -0.369 e. The van der Waals surface area contributed by atoms with E-state index in [4.69, 9.17) is 5.73 Å². The van der Waals surface area contributed by atoms with Crippen molar-refractivity contribution in [3.63, 3.8) is 0 Å². The van der Waals surface area contributed by atoms with E-state index in [1.807, 2.05) is 0 Å². The number of nitrogens with two attached hydrogens (primary N) is 1. The molecule has 1 aliphatic carbocycles. The summed E-state index contributed by atoms with van der Waals surface area (Å²) in [4.78, 5) is 10.3. The largest absolute Gasteiger partial charge is 0.369 e. The molecule has 0 spiro atoms. The molecule has 1 amide bonds. The molecule has 1 aliphatic rings. The van der Waals surface area contributed by atoms with Crippen LogP contribution in [0.2, 0.25) is 0 Å². The molecule has 1 fully saturated rings. The molecule has 40 valence electrons. The molecule has 3 heteroatoms. The molecule has 0 saturated heterocycles. The Kier molecular flexibility index (Phi) is 1.02. The summed E-state index contributed by atoms with van der Waals surface area (Å²) >= 11 is 2.10. The third-order valence-electron chi connectivity index (χ3n) is 1.13. The van der Waals surface area contributed by atoms with Crippen molar-refractivity contribution in [3.8, 4) is 0 Å². The van der Waals surface area contributed by atoms with Gasteiger partial charge in [-0.15, -0.1) is 0 Å². The van der Waals surface area contributed by atoms with Gasteiger partial charge in [0.15, 0.2) is 0 Å². The zero-order valence-corrected chi connectivity index (χ0v) is 5.94. The Labute approximate surface area is 55.6 Å². The van der Waals surface area contributed by atoms with Crippen molar-refractivity contribution in [1.29, 1.82) is 0 Å². The van der Waals surface area contributed by atoms with Crippen LogP contribution < -0.4 is 5.73 Å². The van der Waals surface area contributed by atoms with Crippen LogP contribution in [-0.4, -0.2) is 9.33 Å². The molecule has 2 N–H and O–H groups in total.